The molecule has 1 aliphatic heterocycles. The van der Waals surface area contributed by atoms with Crippen molar-refractivity contribution in [1.82, 2.24) is 4.90 Å². The van der Waals surface area contributed by atoms with E-state index in [0.29, 0.717) is 22.0 Å². The van der Waals surface area contributed by atoms with Crippen molar-refractivity contribution in [1.29, 1.82) is 0 Å². The average molecular weight is 315 g/mol. The average Bonchev–Trinajstić information content (AvgIpc) is 2.64. The number of hydrogen-bond donors (Lipinski definition) is 1. The molecule has 2 atom stereocenters. The summed E-state index contributed by atoms with van der Waals surface area (Å²) in [5, 5.41) is 1.26. The van der Waals surface area contributed by atoms with E-state index in [-0.39, 0.29) is 0 Å². The molecule has 2 rings (SSSR count). The van der Waals surface area contributed by atoms with Crippen molar-refractivity contribution in [3.63, 3.8) is 0 Å². The third-order valence-electron chi connectivity index (χ3n) is 4.21. The highest BCUT2D eigenvalue weighted by Crippen LogP contribution is 2.37. The minimum Gasteiger partial charge on any atom is -0.330 e. The number of nitrogens with two attached hydrogens (primary N) is 1. The number of nitrogens with zero attached hydrogens (tertiary/aromatic N) is 1. The summed E-state index contributed by atoms with van der Waals surface area (Å²) in [6, 6.07) is 6.40. The molecule has 0 aromatic heterocycles. The van der Waals surface area contributed by atoms with Crippen molar-refractivity contribution >= 4 is 23.2 Å². The van der Waals surface area contributed by atoms with E-state index in [9.17, 15) is 0 Å². The van der Waals surface area contributed by atoms with Gasteiger partial charge in [-0.25, -0.2) is 0 Å². The Morgan fingerprint density at radius 2 is 2.05 bits per heavy atom. The van der Waals surface area contributed by atoms with Gasteiger partial charge < -0.3 is 5.73 Å². The van der Waals surface area contributed by atoms with Gasteiger partial charge in [-0.1, -0.05) is 42.6 Å². The Morgan fingerprint density at radius 1 is 1.25 bits per heavy atom. The van der Waals surface area contributed by atoms with Crippen LogP contribution in [0.5, 0.6) is 0 Å². The molecule has 0 spiro atoms. The van der Waals surface area contributed by atoms with E-state index in [1.165, 1.54) is 24.8 Å². The summed E-state index contributed by atoms with van der Waals surface area (Å²) in [5.74, 6) is 0.501. The van der Waals surface area contributed by atoms with Crippen molar-refractivity contribution < 1.29 is 0 Å². The molecular weight excluding hydrogens is 291 g/mol. The SMILES string of the molecule is CCCN1CCCCC(CN)C1c1ccc(Cl)c(Cl)c1. The summed E-state index contributed by atoms with van der Waals surface area (Å²) in [6.45, 7) is 5.22. The van der Waals surface area contributed by atoms with Gasteiger partial charge in [-0.05, 0) is 62.5 Å². The lowest BCUT2D eigenvalue weighted by Crippen LogP contribution is -2.36. The number of halogens is 2. The van der Waals surface area contributed by atoms with Crippen LogP contribution in [0.4, 0.5) is 0 Å². The molecule has 2 unspecified atom stereocenters. The number of hydrogen-bond acceptors (Lipinski definition) is 2. The van der Waals surface area contributed by atoms with Crippen LogP contribution in [0.25, 0.3) is 0 Å². The van der Waals surface area contributed by atoms with E-state index in [1.54, 1.807) is 0 Å². The summed E-state index contributed by atoms with van der Waals surface area (Å²) in [6.07, 6.45) is 4.88. The Kier molecular flexibility index (Phi) is 6.16. The molecule has 20 heavy (non-hydrogen) atoms. The highest BCUT2D eigenvalue weighted by atomic mass is 35.5. The molecule has 2 N–H and O–H groups in total. The van der Waals surface area contributed by atoms with Crippen LogP contribution >= 0.6 is 23.2 Å². The van der Waals surface area contributed by atoms with Crippen LogP contribution in [0.1, 0.15) is 44.2 Å². The van der Waals surface area contributed by atoms with E-state index in [1.807, 2.05) is 12.1 Å². The molecule has 112 valence electrons. The van der Waals surface area contributed by atoms with Gasteiger partial charge in [0.2, 0.25) is 0 Å². The van der Waals surface area contributed by atoms with Crippen LogP contribution < -0.4 is 5.73 Å². The Balaban J connectivity index is 2.34. The smallest absolute Gasteiger partial charge is 0.0595 e. The molecule has 0 amide bonds. The molecule has 0 aliphatic carbocycles. The molecule has 1 fully saturated rings. The van der Waals surface area contributed by atoms with E-state index >= 15 is 0 Å². The van der Waals surface area contributed by atoms with Crippen LogP contribution in [-0.4, -0.2) is 24.5 Å². The molecule has 1 aromatic rings. The maximum absolute atomic E-state index is 6.21. The topological polar surface area (TPSA) is 29.3 Å². The highest BCUT2D eigenvalue weighted by molar-refractivity contribution is 6.42. The zero-order valence-corrected chi connectivity index (χ0v) is 13.6. The standard InChI is InChI=1S/C16H24Cl2N2/c1-2-8-20-9-4-3-5-13(11-19)16(20)12-6-7-14(17)15(18)10-12/h6-7,10,13,16H,2-5,8-9,11,19H2,1H3. The van der Waals surface area contributed by atoms with Crippen LogP contribution in [-0.2, 0) is 0 Å². The predicted molar refractivity (Wildman–Crippen MR) is 87.5 cm³/mol. The molecule has 1 heterocycles. The first-order chi connectivity index (χ1) is 9.67. The fourth-order valence-electron chi connectivity index (χ4n) is 3.28. The van der Waals surface area contributed by atoms with Crippen LogP contribution in [0.3, 0.4) is 0 Å². The summed E-state index contributed by atoms with van der Waals surface area (Å²) < 4.78 is 0. The number of benzene rings is 1. The second-order valence-corrected chi connectivity index (χ2v) is 6.46. The third-order valence-corrected chi connectivity index (χ3v) is 4.95. The molecular formula is C16H24Cl2N2. The van der Waals surface area contributed by atoms with Crippen LogP contribution in [0, 0.1) is 5.92 Å². The fourth-order valence-corrected chi connectivity index (χ4v) is 3.59. The lowest BCUT2D eigenvalue weighted by atomic mass is 9.89. The van der Waals surface area contributed by atoms with Crippen LogP contribution in [0.2, 0.25) is 10.0 Å². The molecule has 0 bridgehead atoms. The summed E-state index contributed by atoms with van der Waals surface area (Å²) in [7, 11) is 0. The monoisotopic (exact) mass is 314 g/mol. The Labute approximate surface area is 132 Å². The lowest BCUT2D eigenvalue weighted by Gasteiger charge is -2.35. The van der Waals surface area contributed by atoms with E-state index in [4.69, 9.17) is 28.9 Å². The van der Waals surface area contributed by atoms with Crippen LogP contribution in [0.15, 0.2) is 18.2 Å². The third kappa shape index (κ3) is 3.67. The van der Waals surface area contributed by atoms with Crippen molar-refractivity contribution in [3.05, 3.63) is 33.8 Å². The molecule has 4 heteroatoms. The Morgan fingerprint density at radius 3 is 2.70 bits per heavy atom. The molecule has 1 aliphatic rings. The Hall–Kier alpha value is -0.280. The van der Waals surface area contributed by atoms with E-state index < -0.39 is 0 Å². The van der Waals surface area contributed by atoms with Gasteiger partial charge in [0, 0.05) is 6.04 Å². The zero-order valence-electron chi connectivity index (χ0n) is 12.1. The maximum Gasteiger partial charge on any atom is 0.0595 e. The van der Waals surface area contributed by atoms with E-state index in [0.717, 1.165) is 26.1 Å². The first-order valence-corrected chi connectivity index (χ1v) is 8.32. The van der Waals surface area contributed by atoms with Crippen molar-refractivity contribution in [2.75, 3.05) is 19.6 Å². The van der Waals surface area contributed by atoms with Gasteiger partial charge in [0.25, 0.3) is 0 Å². The van der Waals surface area contributed by atoms with Crippen molar-refractivity contribution in [2.24, 2.45) is 11.7 Å². The fraction of sp³-hybridized carbons (Fsp3) is 0.625. The van der Waals surface area contributed by atoms with Gasteiger partial charge in [-0.3, -0.25) is 4.90 Å². The minimum atomic E-state index is 0.372. The van der Waals surface area contributed by atoms with Gasteiger partial charge in [-0.2, -0.15) is 0 Å². The van der Waals surface area contributed by atoms with E-state index in [2.05, 4.69) is 17.9 Å². The molecule has 0 saturated carbocycles. The zero-order chi connectivity index (χ0) is 14.5. The number of likely N-dealkylation sites (tertiary alicyclic amines) is 1. The van der Waals surface area contributed by atoms with Gasteiger partial charge in [-0.15, -0.1) is 0 Å². The van der Waals surface area contributed by atoms with Crippen molar-refractivity contribution in [2.45, 2.75) is 38.6 Å². The normalized spacial score (nSPS) is 24.6. The first kappa shape index (κ1) is 16.1. The van der Waals surface area contributed by atoms with Gasteiger partial charge in [0.1, 0.15) is 0 Å². The predicted octanol–water partition coefficient (Wildman–Crippen LogP) is 4.51. The largest absolute Gasteiger partial charge is 0.330 e. The Bertz CT molecular complexity index is 436. The minimum absolute atomic E-state index is 0.372. The van der Waals surface area contributed by atoms with Crippen molar-refractivity contribution in [3.8, 4) is 0 Å². The highest BCUT2D eigenvalue weighted by Gasteiger charge is 2.30. The molecule has 1 saturated heterocycles. The summed E-state index contributed by atoms with van der Waals surface area (Å²) in [4.78, 5) is 2.57. The van der Waals surface area contributed by atoms with Gasteiger partial charge in [0.15, 0.2) is 0 Å². The molecule has 2 nitrogen and oxygen atoms in total. The second kappa shape index (κ2) is 7.65. The first-order valence-electron chi connectivity index (χ1n) is 7.56. The molecule has 1 aromatic carbocycles. The maximum atomic E-state index is 6.21. The lowest BCUT2D eigenvalue weighted by molar-refractivity contribution is 0.158. The summed E-state index contributed by atoms with van der Waals surface area (Å²) >= 11 is 12.3. The second-order valence-electron chi connectivity index (χ2n) is 5.65. The molecule has 0 radical (unpaired) electrons. The van der Waals surface area contributed by atoms with Gasteiger partial charge in [0.05, 0.1) is 10.0 Å². The quantitative estimate of drug-likeness (QED) is 0.886. The van der Waals surface area contributed by atoms with Gasteiger partial charge >= 0.3 is 0 Å². The number of rotatable bonds is 4. The summed E-state index contributed by atoms with van der Waals surface area (Å²) in [5.41, 5.74) is 7.30.